The molecule has 0 fully saturated rings. The monoisotopic (exact) mass is 183 g/mol. The maximum atomic E-state index is 10.5. The zero-order valence-electron chi connectivity index (χ0n) is 7.27. The summed E-state index contributed by atoms with van der Waals surface area (Å²) in [5.74, 6) is 0.278. The van der Waals surface area contributed by atoms with Crippen molar-refractivity contribution in [2.75, 3.05) is 12.8 Å². The van der Waals surface area contributed by atoms with Crippen LogP contribution >= 0.6 is 0 Å². The fourth-order valence-electron chi connectivity index (χ4n) is 1.00. The molecular weight excluding hydrogens is 174 g/mol. The number of nitrogens with zero attached hydrogens (tertiary/aromatic N) is 2. The molecule has 0 aromatic carbocycles. The van der Waals surface area contributed by atoms with E-state index in [9.17, 15) is 10.1 Å². The predicted octanol–water partition coefficient (Wildman–Crippen LogP) is 0.889. The van der Waals surface area contributed by atoms with Crippen molar-refractivity contribution >= 4 is 11.4 Å². The van der Waals surface area contributed by atoms with Crippen LogP contribution in [0, 0.1) is 17.0 Å². The molecule has 0 aliphatic rings. The minimum Gasteiger partial charge on any atom is -0.481 e. The van der Waals surface area contributed by atoms with E-state index in [1.165, 1.54) is 20.1 Å². The van der Waals surface area contributed by atoms with Gasteiger partial charge < -0.3 is 10.5 Å². The van der Waals surface area contributed by atoms with Gasteiger partial charge in [0.15, 0.2) is 0 Å². The van der Waals surface area contributed by atoms with Crippen LogP contribution in [0.15, 0.2) is 6.07 Å². The Hall–Kier alpha value is -1.85. The third-order valence-electron chi connectivity index (χ3n) is 1.56. The number of rotatable bonds is 2. The van der Waals surface area contributed by atoms with E-state index in [0.29, 0.717) is 0 Å². The summed E-state index contributed by atoms with van der Waals surface area (Å²) in [4.78, 5) is 13.8. The summed E-state index contributed by atoms with van der Waals surface area (Å²) in [5, 5.41) is 10.5. The Morgan fingerprint density at radius 1 is 1.69 bits per heavy atom. The average molecular weight is 183 g/mol. The van der Waals surface area contributed by atoms with Gasteiger partial charge in [-0.2, -0.15) is 0 Å². The molecule has 0 amide bonds. The van der Waals surface area contributed by atoms with Gasteiger partial charge in [-0.05, 0) is 6.92 Å². The van der Waals surface area contributed by atoms with Crippen LogP contribution in [0.2, 0.25) is 0 Å². The number of ether oxygens (including phenoxy) is 1. The maximum absolute atomic E-state index is 10.5. The SMILES string of the molecule is COc1cc(N)c([N+](=O)[O-])c(C)n1. The molecule has 70 valence electrons. The van der Waals surface area contributed by atoms with Gasteiger partial charge in [0.05, 0.1) is 12.0 Å². The highest BCUT2D eigenvalue weighted by Crippen LogP contribution is 2.27. The van der Waals surface area contributed by atoms with Crippen molar-refractivity contribution in [2.45, 2.75) is 6.92 Å². The van der Waals surface area contributed by atoms with Gasteiger partial charge in [-0.25, -0.2) is 4.98 Å². The van der Waals surface area contributed by atoms with Gasteiger partial charge in [-0.15, -0.1) is 0 Å². The molecular formula is C7H9N3O3. The standard InChI is InChI=1S/C7H9N3O3/c1-4-7(10(11)12)5(8)3-6(9-4)13-2/h3H,1-2H3,(H2,8,9). The van der Waals surface area contributed by atoms with Crippen LogP contribution in [0.4, 0.5) is 11.4 Å². The number of anilines is 1. The van der Waals surface area contributed by atoms with Crippen LogP contribution in [0.25, 0.3) is 0 Å². The summed E-state index contributed by atoms with van der Waals surface area (Å²) >= 11 is 0. The smallest absolute Gasteiger partial charge is 0.313 e. The molecule has 0 bridgehead atoms. The lowest BCUT2D eigenvalue weighted by Gasteiger charge is -2.03. The van der Waals surface area contributed by atoms with Crippen molar-refractivity contribution in [3.63, 3.8) is 0 Å². The zero-order valence-corrected chi connectivity index (χ0v) is 7.27. The molecule has 1 heterocycles. The molecule has 0 aliphatic heterocycles. The van der Waals surface area contributed by atoms with Gasteiger partial charge in [-0.1, -0.05) is 0 Å². The molecule has 0 unspecified atom stereocenters. The lowest BCUT2D eigenvalue weighted by Crippen LogP contribution is -2.01. The Morgan fingerprint density at radius 3 is 2.69 bits per heavy atom. The Morgan fingerprint density at radius 2 is 2.31 bits per heavy atom. The molecule has 2 N–H and O–H groups in total. The van der Waals surface area contributed by atoms with Gasteiger partial charge in [-0.3, -0.25) is 10.1 Å². The van der Waals surface area contributed by atoms with Crippen molar-refractivity contribution in [3.8, 4) is 5.88 Å². The normalized spacial score (nSPS) is 9.69. The van der Waals surface area contributed by atoms with E-state index < -0.39 is 4.92 Å². The van der Waals surface area contributed by atoms with Gasteiger partial charge in [0, 0.05) is 6.07 Å². The van der Waals surface area contributed by atoms with Gasteiger partial charge in [0.2, 0.25) is 5.88 Å². The largest absolute Gasteiger partial charge is 0.481 e. The Labute approximate surface area is 74.5 Å². The molecule has 13 heavy (non-hydrogen) atoms. The minimum atomic E-state index is -0.558. The molecule has 0 saturated carbocycles. The fraction of sp³-hybridized carbons (Fsp3) is 0.286. The highest BCUT2D eigenvalue weighted by atomic mass is 16.6. The summed E-state index contributed by atoms with van der Waals surface area (Å²) in [5.41, 5.74) is 5.59. The quantitative estimate of drug-likeness (QED) is 0.543. The number of pyridine rings is 1. The van der Waals surface area contributed by atoms with E-state index >= 15 is 0 Å². The minimum absolute atomic E-state index is 0.0642. The van der Waals surface area contributed by atoms with Crippen LogP contribution in [0.3, 0.4) is 0 Å². The molecule has 0 radical (unpaired) electrons. The Bertz CT molecular complexity index is 328. The number of aryl methyl sites for hydroxylation is 1. The first-order valence-corrected chi connectivity index (χ1v) is 3.51. The second kappa shape index (κ2) is 3.26. The topological polar surface area (TPSA) is 91.3 Å². The number of nitrogen functional groups attached to an aromatic ring is 1. The van der Waals surface area contributed by atoms with Gasteiger partial charge >= 0.3 is 5.69 Å². The highest BCUT2D eigenvalue weighted by Gasteiger charge is 2.17. The predicted molar refractivity (Wildman–Crippen MR) is 46.6 cm³/mol. The highest BCUT2D eigenvalue weighted by molar-refractivity contribution is 5.61. The van der Waals surface area contributed by atoms with Gasteiger partial charge in [0.1, 0.15) is 11.4 Å². The fourth-order valence-corrected chi connectivity index (χ4v) is 1.00. The number of aromatic nitrogens is 1. The summed E-state index contributed by atoms with van der Waals surface area (Å²) in [7, 11) is 1.42. The summed E-state index contributed by atoms with van der Waals surface area (Å²) < 4.78 is 4.80. The summed E-state index contributed by atoms with van der Waals surface area (Å²) in [6.45, 7) is 1.51. The lowest BCUT2D eigenvalue weighted by atomic mass is 10.3. The second-order valence-electron chi connectivity index (χ2n) is 2.44. The van der Waals surface area contributed by atoms with Crippen LogP contribution < -0.4 is 10.5 Å². The third kappa shape index (κ3) is 1.66. The van der Waals surface area contributed by atoms with E-state index in [4.69, 9.17) is 10.5 Å². The van der Waals surface area contributed by atoms with E-state index in [1.54, 1.807) is 0 Å². The number of hydrogen-bond donors (Lipinski definition) is 1. The molecule has 0 aliphatic carbocycles. The molecule has 0 spiro atoms. The number of nitrogens with two attached hydrogens (primary N) is 1. The molecule has 0 atom stereocenters. The Balaban J connectivity index is 3.31. The molecule has 6 nitrogen and oxygen atoms in total. The van der Waals surface area contributed by atoms with E-state index in [0.717, 1.165) is 0 Å². The third-order valence-corrected chi connectivity index (χ3v) is 1.56. The zero-order chi connectivity index (χ0) is 10.0. The van der Waals surface area contributed by atoms with E-state index in [-0.39, 0.29) is 22.9 Å². The lowest BCUT2D eigenvalue weighted by molar-refractivity contribution is -0.384. The molecule has 0 saturated heterocycles. The summed E-state index contributed by atoms with van der Waals surface area (Å²) in [6, 6.07) is 1.32. The number of methoxy groups -OCH3 is 1. The molecule has 1 rings (SSSR count). The van der Waals surface area contributed by atoms with Crippen molar-refractivity contribution in [2.24, 2.45) is 0 Å². The van der Waals surface area contributed by atoms with E-state index in [2.05, 4.69) is 4.98 Å². The van der Waals surface area contributed by atoms with Crippen molar-refractivity contribution in [1.29, 1.82) is 0 Å². The summed E-state index contributed by atoms with van der Waals surface area (Å²) in [6.07, 6.45) is 0. The van der Waals surface area contributed by atoms with E-state index in [1.807, 2.05) is 0 Å². The van der Waals surface area contributed by atoms with Crippen LogP contribution in [0.5, 0.6) is 5.88 Å². The first-order valence-electron chi connectivity index (χ1n) is 3.51. The molecule has 6 heteroatoms. The Kier molecular flexibility index (Phi) is 2.32. The van der Waals surface area contributed by atoms with Crippen LogP contribution in [-0.4, -0.2) is 17.0 Å². The van der Waals surface area contributed by atoms with Crippen LogP contribution in [0.1, 0.15) is 5.69 Å². The van der Waals surface area contributed by atoms with Gasteiger partial charge in [0.25, 0.3) is 0 Å². The average Bonchev–Trinajstić information content (AvgIpc) is 2.02. The molecule has 1 aromatic heterocycles. The number of nitro groups is 1. The first kappa shape index (κ1) is 9.24. The van der Waals surface area contributed by atoms with Crippen LogP contribution in [-0.2, 0) is 0 Å². The van der Waals surface area contributed by atoms with Crippen molar-refractivity contribution in [3.05, 3.63) is 21.9 Å². The second-order valence-corrected chi connectivity index (χ2v) is 2.44. The van der Waals surface area contributed by atoms with Crippen molar-refractivity contribution in [1.82, 2.24) is 4.98 Å². The molecule has 1 aromatic rings. The van der Waals surface area contributed by atoms with Crippen molar-refractivity contribution < 1.29 is 9.66 Å². The first-order chi connectivity index (χ1) is 6.06. The number of hydrogen-bond acceptors (Lipinski definition) is 5. The maximum Gasteiger partial charge on any atom is 0.313 e.